The van der Waals surface area contributed by atoms with Gasteiger partial charge in [-0.15, -0.1) is 0 Å². The number of anilines is 3. The number of amides is 3. The summed E-state index contributed by atoms with van der Waals surface area (Å²) in [4.78, 5) is 34.9. The second-order valence-electron chi connectivity index (χ2n) is 5.12. The maximum absolute atomic E-state index is 12.4. The van der Waals surface area contributed by atoms with Gasteiger partial charge in [0.15, 0.2) is 0 Å². The first-order valence-electron chi connectivity index (χ1n) is 7.10. The Bertz CT molecular complexity index is 754. The van der Waals surface area contributed by atoms with Crippen LogP contribution in [0.5, 0.6) is 0 Å². The van der Waals surface area contributed by atoms with Crippen molar-refractivity contribution >= 4 is 46.4 Å². The predicted molar refractivity (Wildman–Crippen MR) is 94.5 cm³/mol. The van der Waals surface area contributed by atoms with E-state index in [4.69, 9.17) is 11.6 Å². The fourth-order valence-electron chi connectivity index (χ4n) is 2.05. The number of carbonyl (C=O) groups is 3. The molecule has 0 fully saturated rings. The molecule has 6 nitrogen and oxygen atoms in total. The Hall–Kier alpha value is -2.86. The normalized spacial score (nSPS) is 9.96. The third kappa shape index (κ3) is 5.10. The molecule has 2 aromatic rings. The van der Waals surface area contributed by atoms with Crippen LogP contribution in [0.25, 0.3) is 0 Å². The lowest BCUT2D eigenvalue weighted by Gasteiger charge is -2.11. The van der Waals surface area contributed by atoms with Gasteiger partial charge in [-0.25, -0.2) is 0 Å². The maximum atomic E-state index is 12.4. The molecule has 3 amide bonds. The number of carbonyl (C=O) groups excluding carboxylic acids is 3. The van der Waals surface area contributed by atoms with Crippen LogP contribution in [0.15, 0.2) is 42.5 Å². The minimum atomic E-state index is -0.379. The summed E-state index contributed by atoms with van der Waals surface area (Å²) in [6, 6.07) is 11.3. The average molecular weight is 346 g/mol. The monoisotopic (exact) mass is 345 g/mol. The molecule has 0 spiro atoms. The summed E-state index contributed by atoms with van der Waals surface area (Å²) < 4.78 is 0. The lowest BCUT2D eigenvalue weighted by molar-refractivity contribution is -0.115. The zero-order valence-electron chi connectivity index (χ0n) is 13.1. The summed E-state index contributed by atoms with van der Waals surface area (Å²) in [6.45, 7) is 2.72. The van der Waals surface area contributed by atoms with Gasteiger partial charge in [0.2, 0.25) is 11.8 Å². The molecule has 2 rings (SSSR count). The van der Waals surface area contributed by atoms with Crippen molar-refractivity contribution in [1.82, 2.24) is 0 Å². The van der Waals surface area contributed by atoms with E-state index in [2.05, 4.69) is 16.0 Å². The molecule has 0 aromatic heterocycles. The molecule has 0 atom stereocenters. The molecular weight excluding hydrogens is 330 g/mol. The number of hydrogen-bond donors (Lipinski definition) is 3. The van der Waals surface area contributed by atoms with E-state index in [9.17, 15) is 14.4 Å². The molecule has 0 radical (unpaired) electrons. The number of rotatable bonds is 4. The Morgan fingerprint density at radius 3 is 1.71 bits per heavy atom. The Morgan fingerprint density at radius 1 is 0.750 bits per heavy atom. The Kier molecular flexibility index (Phi) is 5.55. The zero-order chi connectivity index (χ0) is 17.7. The molecule has 0 saturated carbocycles. The Balaban J connectivity index is 2.28. The summed E-state index contributed by atoms with van der Waals surface area (Å²) in [5.41, 5.74) is 1.69. The van der Waals surface area contributed by atoms with Gasteiger partial charge in [0.05, 0.1) is 0 Å². The highest BCUT2D eigenvalue weighted by atomic mass is 35.5. The van der Waals surface area contributed by atoms with Gasteiger partial charge in [-0.05, 0) is 42.5 Å². The summed E-state index contributed by atoms with van der Waals surface area (Å²) in [6.07, 6.45) is 0. The average Bonchev–Trinajstić information content (AvgIpc) is 2.48. The van der Waals surface area contributed by atoms with Crippen molar-refractivity contribution in [1.29, 1.82) is 0 Å². The van der Waals surface area contributed by atoms with Crippen molar-refractivity contribution in [2.75, 3.05) is 16.0 Å². The molecule has 0 aliphatic carbocycles. The minimum Gasteiger partial charge on any atom is -0.326 e. The highest BCUT2D eigenvalue weighted by molar-refractivity contribution is 6.30. The first kappa shape index (κ1) is 17.5. The van der Waals surface area contributed by atoms with Gasteiger partial charge in [0.1, 0.15) is 0 Å². The molecule has 0 saturated heterocycles. The van der Waals surface area contributed by atoms with Crippen molar-refractivity contribution < 1.29 is 14.4 Å². The lowest BCUT2D eigenvalue weighted by atomic mass is 10.1. The molecule has 0 aliphatic rings. The van der Waals surface area contributed by atoms with Crippen LogP contribution < -0.4 is 16.0 Å². The molecular formula is C17H16ClN3O3. The van der Waals surface area contributed by atoms with E-state index in [0.29, 0.717) is 27.6 Å². The SMILES string of the molecule is CC(=O)Nc1cc(NC(C)=O)cc(C(=O)Nc2ccc(Cl)cc2)c1. The van der Waals surface area contributed by atoms with E-state index in [1.54, 1.807) is 30.3 Å². The first-order chi connectivity index (χ1) is 11.3. The van der Waals surface area contributed by atoms with E-state index in [0.717, 1.165) is 0 Å². The molecule has 2 aromatic carbocycles. The van der Waals surface area contributed by atoms with Gasteiger partial charge in [-0.3, -0.25) is 14.4 Å². The standard InChI is InChI=1S/C17H16ClN3O3/c1-10(22)19-15-7-12(8-16(9-15)20-11(2)23)17(24)21-14-5-3-13(18)4-6-14/h3-9H,1-2H3,(H,19,22)(H,20,23)(H,21,24). The summed E-state index contributed by atoms with van der Waals surface area (Å²) in [5, 5.41) is 8.48. The van der Waals surface area contributed by atoms with Crippen LogP contribution in [0.2, 0.25) is 5.02 Å². The third-order valence-electron chi connectivity index (χ3n) is 2.94. The molecule has 0 aliphatic heterocycles. The van der Waals surface area contributed by atoms with Crippen LogP contribution in [0.3, 0.4) is 0 Å². The second kappa shape index (κ2) is 7.61. The zero-order valence-corrected chi connectivity index (χ0v) is 13.9. The van der Waals surface area contributed by atoms with Crippen molar-refractivity contribution in [2.24, 2.45) is 0 Å². The highest BCUT2D eigenvalue weighted by Gasteiger charge is 2.11. The molecule has 0 bridgehead atoms. The Labute approximate surface area is 144 Å². The van der Waals surface area contributed by atoms with E-state index < -0.39 is 0 Å². The van der Waals surface area contributed by atoms with Crippen LogP contribution in [0.1, 0.15) is 24.2 Å². The van der Waals surface area contributed by atoms with E-state index in [-0.39, 0.29) is 17.7 Å². The second-order valence-corrected chi connectivity index (χ2v) is 5.56. The molecule has 7 heteroatoms. The molecule has 24 heavy (non-hydrogen) atoms. The maximum Gasteiger partial charge on any atom is 0.255 e. The minimum absolute atomic E-state index is 0.279. The predicted octanol–water partition coefficient (Wildman–Crippen LogP) is 3.51. The highest BCUT2D eigenvalue weighted by Crippen LogP contribution is 2.21. The summed E-state index contributed by atoms with van der Waals surface area (Å²) >= 11 is 5.81. The van der Waals surface area contributed by atoms with E-state index >= 15 is 0 Å². The number of halogens is 1. The summed E-state index contributed by atoms with van der Waals surface area (Å²) in [5.74, 6) is -0.936. The number of hydrogen-bond acceptors (Lipinski definition) is 3. The fourth-order valence-corrected chi connectivity index (χ4v) is 2.17. The van der Waals surface area contributed by atoms with Crippen LogP contribution in [0.4, 0.5) is 17.1 Å². The van der Waals surface area contributed by atoms with E-state index in [1.165, 1.54) is 26.0 Å². The van der Waals surface area contributed by atoms with Crippen LogP contribution in [-0.2, 0) is 9.59 Å². The Morgan fingerprint density at radius 2 is 1.25 bits per heavy atom. The quantitative estimate of drug-likeness (QED) is 0.792. The smallest absolute Gasteiger partial charge is 0.255 e. The van der Waals surface area contributed by atoms with Crippen LogP contribution >= 0.6 is 11.6 Å². The van der Waals surface area contributed by atoms with Crippen molar-refractivity contribution in [3.63, 3.8) is 0 Å². The first-order valence-corrected chi connectivity index (χ1v) is 7.48. The molecule has 0 heterocycles. The van der Waals surface area contributed by atoms with Crippen molar-refractivity contribution in [2.45, 2.75) is 13.8 Å². The number of benzene rings is 2. The van der Waals surface area contributed by atoms with E-state index in [1.807, 2.05) is 0 Å². The summed E-state index contributed by atoms with van der Waals surface area (Å²) in [7, 11) is 0. The molecule has 124 valence electrons. The van der Waals surface area contributed by atoms with Gasteiger partial charge >= 0.3 is 0 Å². The molecule has 3 N–H and O–H groups in total. The number of nitrogens with one attached hydrogen (secondary N) is 3. The van der Waals surface area contributed by atoms with Gasteiger partial charge in [-0.2, -0.15) is 0 Å². The van der Waals surface area contributed by atoms with Gasteiger partial charge < -0.3 is 16.0 Å². The van der Waals surface area contributed by atoms with Crippen LogP contribution in [-0.4, -0.2) is 17.7 Å². The van der Waals surface area contributed by atoms with Crippen molar-refractivity contribution in [3.05, 3.63) is 53.1 Å². The van der Waals surface area contributed by atoms with Crippen LogP contribution in [0, 0.1) is 0 Å². The van der Waals surface area contributed by atoms with Crippen molar-refractivity contribution in [3.8, 4) is 0 Å². The largest absolute Gasteiger partial charge is 0.326 e. The lowest BCUT2D eigenvalue weighted by Crippen LogP contribution is -2.15. The fraction of sp³-hybridized carbons (Fsp3) is 0.118. The molecule has 0 unspecified atom stereocenters. The topological polar surface area (TPSA) is 87.3 Å². The van der Waals surface area contributed by atoms with Gasteiger partial charge in [-0.1, -0.05) is 11.6 Å². The third-order valence-corrected chi connectivity index (χ3v) is 3.19. The van der Waals surface area contributed by atoms with Gasteiger partial charge in [0.25, 0.3) is 5.91 Å². The van der Waals surface area contributed by atoms with Gasteiger partial charge in [0, 0.05) is 41.5 Å².